The van der Waals surface area contributed by atoms with Crippen LogP contribution in [0.4, 0.5) is 0 Å². The molecule has 0 saturated heterocycles. The van der Waals surface area contributed by atoms with Gasteiger partial charge in [-0.05, 0) is 63.7 Å². The second-order valence-electron chi connectivity index (χ2n) is 9.27. The lowest BCUT2D eigenvalue weighted by atomic mass is 9.82. The SMILES string of the molecule is C=Cc1ccccc1-c1cn(-c2ccc3c(c2)C(C)(C)c2cc(Br)ccc2-3)c2ccccc12. The zero-order chi connectivity index (χ0) is 22.7. The van der Waals surface area contributed by atoms with Crippen LogP contribution < -0.4 is 0 Å². The molecule has 6 rings (SSSR count). The fraction of sp³-hybridized carbons (Fsp3) is 0.0968. The minimum Gasteiger partial charge on any atom is -0.316 e. The van der Waals surface area contributed by atoms with Crippen molar-refractivity contribution in [3.05, 3.63) is 119 Å². The maximum Gasteiger partial charge on any atom is 0.0534 e. The Kier molecular flexibility index (Phi) is 4.50. The van der Waals surface area contributed by atoms with Crippen molar-refractivity contribution in [2.45, 2.75) is 19.3 Å². The molecular weight excluding hydrogens is 466 g/mol. The number of nitrogens with zero attached hydrogens (tertiary/aromatic N) is 1. The van der Waals surface area contributed by atoms with E-state index < -0.39 is 0 Å². The average molecular weight is 490 g/mol. The molecule has 0 atom stereocenters. The third-order valence-corrected chi connectivity index (χ3v) is 7.58. The van der Waals surface area contributed by atoms with Crippen LogP contribution in [0, 0.1) is 0 Å². The quantitative estimate of drug-likeness (QED) is 0.238. The highest BCUT2D eigenvalue weighted by Gasteiger charge is 2.35. The number of aromatic nitrogens is 1. The molecule has 1 nitrogen and oxygen atoms in total. The standard InChI is InChI=1S/C31H24BrN/c1-4-20-9-5-6-10-23(20)27-19-33(30-12-8-7-11-26(27)30)22-14-16-25-24-15-13-21(32)17-28(24)31(2,3)29(25)18-22/h4-19H,1H2,2-3H3. The molecule has 0 radical (unpaired) electrons. The summed E-state index contributed by atoms with van der Waals surface area (Å²) in [6.07, 6.45) is 4.22. The van der Waals surface area contributed by atoms with Crippen molar-refractivity contribution in [1.29, 1.82) is 0 Å². The molecule has 0 amide bonds. The molecule has 0 bridgehead atoms. The summed E-state index contributed by atoms with van der Waals surface area (Å²) in [7, 11) is 0. The van der Waals surface area contributed by atoms with E-state index in [0.717, 1.165) is 10.0 Å². The van der Waals surface area contributed by atoms with Crippen LogP contribution in [0.2, 0.25) is 0 Å². The third-order valence-electron chi connectivity index (χ3n) is 7.08. The van der Waals surface area contributed by atoms with Crippen molar-refractivity contribution in [2.24, 2.45) is 0 Å². The number of hydrogen-bond acceptors (Lipinski definition) is 0. The zero-order valence-electron chi connectivity index (χ0n) is 18.8. The van der Waals surface area contributed by atoms with Crippen LogP contribution in [-0.2, 0) is 5.41 Å². The predicted octanol–water partition coefficient (Wildman–Crippen LogP) is 9.01. The molecule has 4 aromatic carbocycles. The number of rotatable bonds is 3. The Labute approximate surface area is 203 Å². The Bertz CT molecular complexity index is 1570. The average Bonchev–Trinajstić information content (AvgIpc) is 3.32. The van der Waals surface area contributed by atoms with Crippen LogP contribution in [0.5, 0.6) is 0 Å². The summed E-state index contributed by atoms with van der Waals surface area (Å²) in [5.74, 6) is 0. The lowest BCUT2D eigenvalue weighted by Crippen LogP contribution is -2.15. The summed E-state index contributed by atoms with van der Waals surface area (Å²) < 4.78 is 3.46. The molecule has 5 aromatic rings. The molecule has 1 aromatic heterocycles. The van der Waals surface area contributed by atoms with Crippen LogP contribution in [0.1, 0.15) is 30.5 Å². The van der Waals surface area contributed by atoms with Crippen molar-refractivity contribution in [3.8, 4) is 27.9 Å². The molecule has 0 saturated carbocycles. The van der Waals surface area contributed by atoms with Crippen LogP contribution in [0.15, 0.2) is 102 Å². The minimum atomic E-state index is -0.0499. The molecule has 1 aliphatic rings. The first-order valence-corrected chi connectivity index (χ1v) is 12.1. The fourth-order valence-electron chi connectivity index (χ4n) is 5.38. The minimum absolute atomic E-state index is 0.0499. The zero-order valence-corrected chi connectivity index (χ0v) is 20.4. The normalized spacial score (nSPS) is 13.7. The van der Waals surface area contributed by atoms with E-state index in [4.69, 9.17) is 0 Å². The van der Waals surface area contributed by atoms with Gasteiger partial charge in [0.1, 0.15) is 0 Å². The largest absolute Gasteiger partial charge is 0.316 e. The van der Waals surface area contributed by atoms with Gasteiger partial charge in [-0.3, -0.25) is 0 Å². The van der Waals surface area contributed by atoms with Gasteiger partial charge in [-0.25, -0.2) is 0 Å². The lowest BCUT2D eigenvalue weighted by molar-refractivity contribution is 0.659. The highest BCUT2D eigenvalue weighted by Crippen LogP contribution is 2.50. The van der Waals surface area contributed by atoms with Gasteiger partial charge in [0.05, 0.1) is 5.52 Å². The second-order valence-corrected chi connectivity index (χ2v) is 10.2. The Morgan fingerprint density at radius 1 is 0.758 bits per heavy atom. The Morgan fingerprint density at radius 2 is 1.45 bits per heavy atom. The first kappa shape index (κ1) is 20.3. The number of para-hydroxylation sites is 1. The number of halogens is 1. The van der Waals surface area contributed by atoms with Crippen molar-refractivity contribution in [3.63, 3.8) is 0 Å². The number of fused-ring (bicyclic) bond motifs is 4. The molecule has 0 aliphatic heterocycles. The topological polar surface area (TPSA) is 4.93 Å². The van der Waals surface area contributed by atoms with E-state index in [9.17, 15) is 0 Å². The number of hydrogen-bond donors (Lipinski definition) is 0. The molecule has 2 heteroatoms. The van der Waals surface area contributed by atoms with Crippen molar-refractivity contribution in [2.75, 3.05) is 0 Å². The smallest absolute Gasteiger partial charge is 0.0534 e. The summed E-state index contributed by atoms with van der Waals surface area (Å²) >= 11 is 3.67. The van der Waals surface area contributed by atoms with E-state index in [1.54, 1.807) is 0 Å². The Morgan fingerprint density at radius 3 is 2.27 bits per heavy atom. The van der Waals surface area contributed by atoms with E-state index in [-0.39, 0.29) is 5.41 Å². The highest BCUT2D eigenvalue weighted by molar-refractivity contribution is 9.10. The van der Waals surface area contributed by atoms with Gasteiger partial charge in [-0.2, -0.15) is 0 Å². The van der Waals surface area contributed by atoms with Gasteiger partial charge in [0.2, 0.25) is 0 Å². The molecule has 0 N–H and O–H groups in total. The maximum atomic E-state index is 4.03. The van der Waals surface area contributed by atoms with E-state index in [2.05, 4.69) is 132 Å². The van der Waals surface area contributed by atoms with E-state index in [1.807, 2.05) is 6.08 Å². The number of benzene rings is 4. The molecule has 0 unspecified atom stereocenters. The molecular formula is C31H24BrN. The van der Waals surface area contributed by atoms with Gasteiger partial charge in [0, 0.05) is 32.7 Å². The molecule has 160 valence electrons. The van der Waals surface area contributed by atoms with Gasteiger partial charge in [-0.1, -0.05) is 97.0 Å². The predicted molar refractivity (Wildman–Crippen MR) is 144 cm³/mol. The third kappa shape index (κ3) is 2.98. The molecule has 1 aliphatic carbocycles. The van der Waals surface area contributed by atoms with Crippen LogP contribution in [0.25, 0.3) is 44.9 Å². The van der Waals surface area contributed by atoms with Gasteiger partial charge >= 0.3 is 0 Å². The van der Waals surface area contributed by atoms with E-state index >= 15 is 0 Å². The van der Waals surface area contributed by atoms with Gasteiger partial charge in [0.15, 0.2) is 0 Å². The highest BCUT2D eigenvalue weighted by atomic mass is 79.9. The maximum absolute atomic E-state index is 4.03. The first-order chi connectivity index (χ1) is 16.0. The van der Waals surface area contributed by atoms with Crippen molar-refractivity contribution < 1.29 is 0 Å². The summed E-state index contributed by atoms with van der Waals surface area (Å²) in [6.45, 7) is 8.69. The van der Waals surface area contributed by atoms with Gasteiger partial charge in [-0.15, -0.1) is 0 Å². The Hall–Kier alpha value is -3.36. The summed E-state index contributed by atoms with van der Waals surface area (Å²) in [4.78, 5) is 0. The summed E-state index contributed by atoms with van der Waals surface area (Å²) in [6, 6.07) is 30.7. The Balaban J connectivity index is 1.58. The van der Waals surface area contributed by atoms with Crippen LogP contribution in [-0.4, -0.2) is 4.57 Å². The first-order valence-electron chi connectivity index (χ1n) is 11.3. The summed E-state index contributed by atoms with van der Waals surface area (Å²) in [5, 5.41) is 1.25. The molecule has 1 heterocycles. The van der Waals surface area contributed by atoms with Gasteiger partial charge < -0.3 is 4.57 Å². The van der Waals surface area contributed by atoms with Crippen LogP contribution in [0.3, 0.4) is 0 Å². The summed E-state index contributed by atoms with van der Waals surface area (Å²) in [5.41, 5.74) is 11.4. The molecule has 0 spiro atoms. The fourth-order valence-corrected chi connectivity index (χ4v) is 5.74. The van der Waals surface area contributed by atoms with Crippen LogP contribution >= 0.6 is 15.9 Å². The monoisotopic (exact) mass is 489 g/mol. The van der Waals surface area contributed by atoms with Gasteiger partial charge in [0.25, 0.3) is 0 Å². The van der Waals surface area contributed by atoms with Crippen molar-refractivity contribution in [1.82, 2.24) is 4.57 Å². The lowest BCUT2D eigenvalue weighted by Gasteiger charge is -2.22. The molecule has 0 fully saturated rings. The van der Waals surface area contributed by atoms with Crippen molar-refractivity contribution >= 4 is 32.9 Å². The van der Waals surface area contributed by atoms with E-state index in [0.29, 0.717) is 0 Å². The van der Waals surface area contributed by atoms with E-state index in [1.165, 1.54) is 50.0 Å². The second kappa shape index (κ2) is 7.33. The molecule has 33 heavy (non-hydrogen) atoms.